The summed E-state index contributed by atoms with van der Waals surface area (Å²) in [4.78, 5) is 10.3. The van der Waals surface area contributed by atoms with E-state index in [9.17, 15) is 14.5 Å². The van der Waals surface area contributed by atoms with Crippen LogP contribution in [0, 0.1) is 22.9 Å². The second-order valence-corrected chi connectivity index (χ2v) is 5.74. The highest BCUT2D eigenvalue weighted by molar-refractivity contribution is 9.10. The van der Waals surface area contributed by atoms with Gasteiger partial charge in [0.2, 0.25) is 0 Å². The van der Waals surface area contributed by atoms with E-state index in [2.05, 4.69) is 21.2 Å². The molecule has 2 aromatic carbocycles. The monoisotopic (exact) mass is 372 g/mol. The van der Waals surface area contributed by atoms with Crippen molar-refractivity contribution in [2.75, 3.05) is 5.32 Å². The van der Waals surface area contributed by atoms with Crippen LogP contribution in [-0.2, 0) is 6.54 Å². The average Bonchev–Trinajstić information content (AvgIpc) is 2.42. The minimum atomic E-state index is -0.518. The van der Waals surface area contributed by atoms with Gasteiger partial charge >= 0.3 is 0 Å². The average molecular weight is 374 g/mol. The van der Waals surface area contributed by atoms with Gasteiger partial charge in [-0.2, -0.15) is 0 Å². The van der Waals surface area contributed by atoms with Crippen molar-refractivity contribution in [3.8, 4) is 0 Å². The van der Waals surface area contributed by atoms with Crippen molar-refractivity contribution < 1.29 is 9.31 Å². The molecule has 0 atom stereocenters. The first-order valence-electron chi connectivity index (χ1n) is 6.01. The highest BCUT2D eigenvalue weighted by Crippen LogP contribution is 2.30. The van der Waals surface area contributed by atoms with E-state index in [4.69, 9.17) is 11.6 Å². The molecule has 0 heterocycles. The molecule has 0 saturated heterocycles. The number of nitro groups is 1. The van der Waals surface area contributed by atoms with E-state index in [0.717, 1.165) is 5.56 Å². The molecule has 0 amide bonds. The van der Waals surface area contributed by atoms with Gasteiger partial charge in [0, 0.05) is 18.3 Å². The fraction of sp³-hybridized carbons (Fsp3) is 0.143. The maximum absolute atomic E-state index is 13.2. The van der Waals surface area contributed by atoms with Gasteiger partial charge in [0.15, 0.2) is 0 Å². The lowest BCUT2D eigenvalue weighted by Crippen LogP contribution is -2.02. The number of rotatable bonds is 4. The van der Waals surface area contributed by atoms with Gasteiger partial charge in [-0.1, -0.05) is 17.7 Å². The molecule has 1 N–H and O–H groups in total. The molecule has 110 valence electrons. The maximum atomic E-state index is 13.2. The van der Waals surface area contributed by atoms with E-state index < -0.39 is 4.92 Å². The molecule has 2 aromatic rings. The summed E-state index contributed by atoms with van der Waals surface area (Å²) in [5.41, 5.74) is 2.17. The van der Waals surface area contributed by atoms with Crippen molar-refractivity contribution in [2.45, 2.75) is 13.5 Å². The summed E-state index contributed by atoms with van der Waals surface area (Å²) in [5.74, 6) is -0.326. The molecule has 4 nitrogen and oxygen atoms in total. The van der Waals surface area contributed by atoms with Gasteiger partial charge in [-0.15, -0.1) is 0 Å². The third-order valence-electron chi connectivity index (χ3n) is 2.96. The molecular weight excluding hydrogens is 363 g/mol. The summed E-state index contributed by atoms with van der Waals surface area (Å²) in [7, 11) is 0. The standard InChI is InChI=1S/C14H11BrClFN2O2/c1-8-4-14(19(20)21)11(16)6-13(8)18-7-9-2-3-12(17)10(15)5-9/h2-6,18H,7H2,1H3. The van der Waals surface area contributed by atoms with Crippen LogP contribution < -0.4 is 5.32 Å². The van der Waals surface area contributed by atoms with Gasteiger partial charge < -0.3 is 5.32 Å². The van der Waals surface area contributed by atoms with Crippen LogP contribution in [0.4, 0.5) is 15.8 Å². The van der Waals surface area contributed by atoms with Gasteiger partial charge in [-0.25, -0.2) is 4.39 Å². The predicted molar refractivity (Wildman–Crippen MR) is 84.3 cm³/mol. The Morgan fingerprint density at radius 1 is 1.38 bits per heavy atom. The number of anilines is 1. The zero-order valence-corrected chi connectivity index (χ0v) is 13.3. The van der Waals surface area contributed by atoms with Crippen molar-refractivity contribution >= 4 is 38.9 Å². The molecule has 0 aromatic heterocycles. The van der Waals surface area contributed by atoms with E-state index in [1.54, 1.807) is 19.1 Å². The van der Waals surface area contributed by atoms with Crippen LogP contribution in [0.15, 0.2) is 34.8 Å². The van der Waals surface area contributed by atoms with Gasteiger partial charge in [0.1, 0.15) is 10.8 Å². The molecule has 0 unspecified atom stereocenters. The fourth-order valence-electron chi connectivity index (χ4n) is 1.84. The number of hydrogen-bond acceptors (Lipinski definition) is 3. The highest BCUT2D eigenvalue weighted by Gasteiger charge is 2.14. The molecule has 0 aliphatic rings. The Kier molecular flexibility index (Phi) is 4.80. The molecule has 21 heavy (non-hydrogen) atoms. The largest absolute Gasteiger partial charge is 0.381 e. The number of aryl methyl sites for hydroxylation is 1. The first-order chi connectivity index (χ1) is 9.88. The van der Waals surface area contributed by atoms with Crippen molar-refractivity contribution in [3.05, 3.63) is 66.9 Å². The number of halogens is 3. The smallest absolute Gasteiger partial charge is 0.288 e. The van der Waals surface area contributed by atoms with Gasteiger partial charge in [0.05, 0.1) is 9.40 Å². The molecule has 7 heteroatoms. The number of nitrogens with zero attached hydrogens (tertiary/aromatic N) is 1. The summed E-state index contributed by atoms with van der Waals surface area (Å²) < 4.78 is 13.5. The number of hydrogen-bond donors (Lipinski definition) is 1. The number of nitrogens with one attached hydrogen (secondary N) is 1. The van der Waals surface area contributed by atoms with Gasteiger partial charge in [0.25, 0.3) is 5.69 Å². The van der Waals surface area contributed by atoms with Crippen molar-refractivity contribution in [1.29, 1.82) is 0 Å². The van der Waals surface area contributed by atoms with Crippen molar-refractivity contribution in [3.63, 3.8) is 0 Å². The lowest BCUT2D eigenvalue weighted by atomic mass is 10.1. The molecule has 0 aliphatic heterocycles. The first-order valence-corrected chi connectivity index (χ1v) is 7.18. The van der Waals surface area contributed by atoms with Crippen LogP contribution in [-0.4, -0.2) is 4.92 Å². The zero-order valence-electron chi connectivity index (χ0n) is 11.0. The first kappa shape index (κ1) is 15.7. The SMILES string of the molecule is Cc1cc([N+](=O)[O-])c(Cl)cc1NCc1ccc(F)c(Br)c1. The number of benzene rings is 2. The molecule has 0 aliphatic carbocycles. The second-order valence-electron chi connectivity index (χ2n) is 4.48. The summed E-state index contributed by atoms with van der Waals surface area (Å²) >= 11 is 9.01. The number of nitro benzene ring substituents is 1. The van der Waals surface area contributed by atoms with Crippen molar-refractivity contribution in [2.24, 2.45) is 0 Å². The summed E-state index contributed by atoms with van der Waals surface area (Å²) in [6, 6.07) is 7.65. The summed E-state index contributed by atoms with van der Waals surface area (Å²) in [6.07, 6.45) is 0. The van der Waals surface area contributed by atoms with E-state index in [-0.39, 0.29) is 16.5 Å². The highest BCUT2D eigenvalue weighted by atomic mass is 79.9. The molecular formula is C14H11BrClFN2O2. The lowest BCUT2D eigenvalue weighted by molar-refractivity contribution is -0.384. The fourth-order valence-corrected chi connectivity index (χ4v) is 2.50. The van der Waals surface area contributed by atoms with E-state index >= 15 is 0 Å². The Bertz CT molecular complexity index is 710. The van der Waals surface area contributed by atoms with E-state index in [1.807, 2.05) is 0 Å². The lowest BCUT2D eigenvalue weighted by Gasteiger charge is -2.11. The Hall–Kier alpha value is -1.66. The van der Waals surface area contributed by atoms with E-state index in [1.165, 1.54) is 18.2 Å². The van der Waals surface area contributed by atoms with Crippen LogP contribution in [0.2, 0.25) is 5.02 Å². The molecule has 0 radical (unpaired) electrons. The Morgan fingerprint density at radius 3 is 2.71 bits per heavy atom. The molecule has 2 rings (SSSR count). The topological polar surface area (TPSA) is 55.2 Å². The van der Waals surface area contributed by atoms with E-state index in [0.29, 0.717) is 22.3 Å². The summed E-state index contributed by atoms with van der Waals surface area (Å²) in [5, 5.41) is 14.0. The summed E-state index contributed by atoms with van der Waals surface area (Å²) in [6.45, 7) is 2.21. The minimum absolute atomic E-state index is 0.0772. The maximum Gasteiger partial charge on any atom is 0.288 e. The molecule has 0 bridgehead atoms. The Balaban J connectivity index is 2.18. The Labute approximate surface area is 134 Å². The quantitative estimate of drug-likeness (QED) is 0.601. The van der Waals surface area contributed by atoms with Crippen LogP contribution in [0.5, 0.6) is 0 Å². The Morgan fingerprint density at radius 2 is 2.10 bits per heavy atom. The normalized spacial score (nSPS) is 10.5. The van der Waals surface area contributed by atoms with Gasteiger partial charge in [-0.05, 0) is 52.2 Å². The second kappa shape index (κ2) is 6.41. The zero-order chi connectivity index (χ0) is 15.6. The van der Waals surface area contributed by atoms with Crippen LogP contribution >= 0.6 is 27.5 Å². The molecule has 0 fully saturated rings. The minimum Gasteiger partial charge on any atom is -0.381 e. The third kappa shape index (κ3) is 3.71. The van der Waals surface area contributed by atoms with Crippen LogP contribution in [0.3, 0.4) is 0 Å². The van der Waals surface area contributed by atoms with Crippen molar-refractivity contribution in [1.82, 2.24) is 0 Å². The van der Waals surface area contributed by atoms with Crippen LogP contribution in [0.25, 0.3) is 0 Å². The third-order valence-corrected chi connectivity index (χ3v) is 3.87. The molecule has 0 spiro atoms. The van der Waals surface area contributed by atoms with Gasteiger partial charge in [-0.3, -0.25) is 10.1 Å². The van der Waals surface area contributed by atoms with Crippen LogP contribution in [0.1, 0.15) is 11.1 Å². The predicted octanol–water partition coefficient (Wildman–Crippen LogP) is 5.07. The molecule has 0 saturated carbocycles.